The Balaban J connectivity index is 2.10. The van der Waals surface area contributed by atoms with Crippen molar-refractivity contribution in [3.05, 3.63) is 26.8 Å². The average Bonchev–Trinajstić information content (AvgIpc) is 1.99. The maximum Gasteiger partial charge on any atom is 0.0729 e. The molecule has 1 fully saturated rings. The molecule has 1 heterocycles. The standard InChI is InChI=1S/C9H9ClINO/c10-6-1-2-9(8(11)3-6)12-7-4-13-5-7/h1-3,7,12H,4-5H2. The van der Waals surface area contributed by atoms with Crippen molar-refractivity contribution in [3.8, 4) is 0 Å². The van der Waals surface area contributed by atoms with Crippen LogP contribution in [-0.2, 0) is 4.74 Å². The van der Waals surface area contributed by atoms with Crippen LogP contribution in [0.15, 0.2) is 18.2 Å². The molecule has 1 saturated heterocycles. The Morgan fingerprint density at radius 1 is 1.46 bits per heavy atom. The summed E-state index contributed by atoms with van der Waals surface area (Å²) >= 11 is 8.12. The molecule has 0 saturated carbocycles. The lowest BCUT2D eigenvalue weighted by Gasteiger charge is -2.28. The lowest BCUT2D eigenvalue weighted by molar-refractivity contribution is 0.0211. The third-order valence-corrected chi connectivity index (χ3v) is 3.06. The molecule has 1 aromatic rings. The highest BCUT2D eigenvalue weighted by Gasteiger charge is 2.18. The van der Waals surface area contributed by atoms with Crippen LogP contribution in [0.5, 0.6) is 0 Å². The third-order valence-electron chi connectivity index (χ3n) is 1.93. The normalized spacial score (nSPS) is 16.8. The molecule has 0 amide bonds. The second-order valence-corrected chi connectivity index (χ2v) is 4.60. The summed E-state index contributed by atoms with van der Waals surface area (Å²) in [6.07, 6.45) is 0. The molecule has 1 aromatic carbocycles. The molecular formula is C9H9ClINO. The minimum Gasteiger partial charge on any atom is -0.377 e. The molecule has 1 aliphatic rings. The molecule has 0 aromatic heterocycles. The lowest BCUT2D eigenvalue weighted by Crippen LogP contribution is -2.40. The van der Waals surface area contributed by atoms with Crippen molar-refractivity contribution in [2.24, 2.45) is 0 Å². The number of nitrogens with one attached hydrogen (secondary N) is 1. The van der Waals surface area contributed by atoms with Crippen molar-refractivity contribution in [2.75, 3.05) is 18.5 Å². The smallest absolute Gasteiger partial charge is 0.0729 e. The van der Waals surface area contributed by atoms with Gasteiger partial charge in [-0.05, 0) is 40.8 Å². The van der Waals surface area contributed by atoms with Crippen LogP contribution >= 0.6 is 34.2 Å². The summed E-state index contributed by atoms with van der Waals surface area (Å²) in [6.45, 7) is 1.61. The molecule has 0 bridgehead atoms. The molecule has 0 radical (unpaired) electrons. The maximum atomic E-state index is 5.84. The Morgan fingerprint density at radius 3 is 2.77 bits per heavy atom. The van der Waals surface area contributed by atoms with Gasteiger partial charge in [0.1, 0.15) is 0 Å². The number of benzene rings is 1. The van der Waals surface area contributed by atoms with Gasteiger partial charge in [-0.3, -0.25) is 0 Å². The van der Waals surface area contributed by atoms with Gasteiger partial charge in [-0.25, -0.2) is 0 Å². The van der Waals surface area contributed by atoms with E-state index in [0.29, 0.717) is 6.04 Å². The Hall–Kier alpha value is -0.000000000000000111. The van der Waals surface area contributed by atoms with Crippen LogP contribution in [0, 0.1) is 3.57 Å². The second-order valence-electron chi connectivity index (χ2n) is 3.00. The van der Waals surface area contributed by atoms with Crippen LogP contribution in [0.1, 0.15) is 0 Å². The van der Waals surface area contributed by atoms with Crippen molar-refractivity contribution in [1.29, 1.82) is 0 Å². The number of ether oxygens (including phenoxy) is 1. The molecule has 1 N–H and O–H groups in total. The monoisotopic (exact) mass is 309 g/mol. The van der Waals surface area contributed by atoms with E-state index in [1.165, 1.54) is 0 Å². The van der Waals surface area contributed by atoms with Crippen LogP contribution in [-0.4, -0.2) is 19.3 Å². The Morgan fingerprint density at radius 2 is 2.23 bits per heavy atom. The molecule has 2 rings (SSSR count). The molecule has 13 heavy (non-hydrogen) atoms. The first-order chi connectivity index (χ1) is 6.25. The van der Waals surface area contributed by atoms with Crippen LogP contribution in [0.3, 0.4) is 0 Å². The summed E-state index contributed by atoms with van der Waals surface area (Å²) in [4.78, 5) is 0. The molecule has 0 spiro atoms. The van der Waals surface area contributed by atoms with E-state index < -0.39 is 0 Å². The minimum absolute atomic E-state index is 0.467. The second kappa shape index (κ2) is 4.02. The summed E-state index contributed by atoms with van der Waals surface area (Å²) in [5.74, 6) is 0. The SMILES string of the molecule is Clc1ccc(NC2COC2)c(I)c1. The van der Waals surface area contributed by atoms with E-state index in [-0.39, 0.29) is 0 Å². The van der Waals surface area contributed by atoms with Crippen LogP contribution in [0.4, 0.5) is 5.69 Å². The van der Waals surface area contributed by atoms with Crippen LogP contribution in [0.25, 0.3) is 0 Å². The molecular weight excluding hydrogens is 300 g/mol. The van der Waals surface area contributed by atoms with Crippen molar-refractivity contribution >= 4 is 39.9 Å². The summed E-state index contributed by atoms with van der Waals surface area (Å²) in [6, 6.07) is 6.31. The fraction of sp³-hybridized carbons (Fsp3) is 0.333. The molecule has 1 aliphatic heterocycles. The van der Waals surface area contributed by atoms with Gasteiger partial charge in [-0.2, -0.15) is 0 Å². The summed E-state index contributed by atoms with van der Waals surface area (Å²) < 4.78 is 6.23. The van der Waals surface area contributed by atoms with Gasteiger partial charge < -0.3 is 10.1 Å². The number of rotatable bonds is 2. The topological polar surface area (TPSA) is 21.3 Å². The fourth-order valence-electron chi connectivity index (χ4n) is 1.15. The lowest BCUT2D eigenvalue weighted by atomic mass is 10.2. The Kier molecular flexibility index (Phi) is 2.96. The number of hydrogen-bond acceptors (Lipinski definition) is 2. The van der Waals surface area contributed by atoms with Crippen molar-refractivity contribution in [3.63, 3.8) is 0 Å². The van der Waals surface area contributed by atoms with Gasteiger partial charge in [0.2, 0.25) is 0 Å². The first-order valence-electron chi connectivity index (χ1n) is 4.05. The zero-order valence-electron chi connectivity index (χ0n) is 6.89. The summed E-state index contributed by atoms with van der Waals surface area (Å²) in [5, 5.41) is 4.16. The number of hydrogen-bond donors (Lipinski definition) is 1. The van der Waals surface area contributed by atoms with E-state index in [0.717, 1.165) is 27.5 Å². The van der Waals surface area contributed by atoms with Crippen molar-refractivity contribution in [1.82, 2.24) is 0 Å². The number of anilines is 1. The summed E-state index contributed by atoms with van der Waals surface area (Å²) in [5.41, 5.74) is 1.14. The van der Waals surface area contributed by atoms with Crippen molar-refractivity contribution < 1.29 is 4.74 Å². The number of halogens is 2. The van der Waals surface area contributed by atoms with E-state index in [9.17, 15) is 0 Å². The van der Waals surface area contributed by atoms with E-state index in [1.807, 2.05) is 18.2 Å². The first kappa shape index (κ1) is 9.55. The fourth-order valence-corrected chi connectivity index (χ4v) is 2.17. The van der Waals surface area contributed by atoms with Gasteiger partial charge in [0.25, 0.3) is 0 Å². The Labute approximate surface area is 95.7 Å². The predicted molar refractivity (Wildman–Crippen MR) is 62.4 cm³/mol. The molecule has 0 aliphatic carbocycles. The first-order valence-corrected chi connectivity index (χ1v) is 5.51. The van der Waals surface area contributed by atoms with Crippen LogP contribution < -0.4 is 5.32 Å². The quantitative estimate of drug-likeness (QED) is 0.848. The van der Waals surface area contributed by atoms with Gasteiger partial charge in [0, 0.05) is 14.3 Å². The Bertz CT molecular complexity index is 314. The molecule has 4 heteroatoms. The molecule has 0 atom stereocenters. The van der Waals surface area contributed by atoms with Gasteiger partial charge in [0.05, 0.1) is 19.3 Å². The van der Waals surface area contributed by atoms with E-state index in [4.69, 9.17) is 16.3 Å². The van der Waals surface area contributed by atoms with Crippen LogP contribution in [0.2, 0.25) is 5.02 Å². The predicted octanol–water partition coefficient (Wildman–Crippen LogP) is 2.76. The van der Waals surface area contributed by atoms with Gasteiger partial charge >= 0.3 is 0 Å². The zero-order chi connectivity index (χ0) is 9.26. The highest BCUT2D eigenvalue weighted by molar-refractivity contribution is 14.1. The maximum absolute atomic E-state index is 5.84. The van der Waals surface area contributed by atoms with E-state index in [2.05, 4.69) is 27.9 Å². The minimum atomic E-state index is 0.467. The highest BCUT2D eigenvalue weighted by Crippen LogP contribution is 2.23. The third kappa shape index (κ3) is 2.27. The molecule has 2 nitrogen and oxygen atoms in total. The zero-order valence-corrected chi connectivity index (χ0v) is 9.80. The highest BCUT2D eigenvalue weighted by atomic mass is 127. The van der Waals surface area contributed by atoms with Gasteiger partial charge in [-0.1, -0.05) is 11.6 Å². The summed E-state index contributed by atoms with van der Waals surface area (Å²) in [7, 11) is 0. The molecule has 70 valence electrons. The van der Waals surface area contributed by atoms with E-state index >= 15 is 0 Å². The molecule has 0 unspecified atom stereocenters. The van der Waals surface area contributed by atoms with Gasteiger partial charge in [-0.15, -0.1) is 0 Å². The van der Waals surface area contributed by atoms with E-state index in [1.54, 1.807) is 0 Å². The average molecular weight is 310 g/mol. The van der Waals surface area contributed by atoms with Gasteiger partial charge in [0.15, 0.2) is 0 Å². The van der Waals surface area contributed by atoms with Crippen molar-refractivity contribution in [2.45, 2.75) is 6.04 Å². The largest absolute Gasteiger partial charge is 0.377 e.